The van der Waals surface area contributed by atoms with E-state index in [1.807, 2.05) is 48.5 Å². The number of ether oxygens (including phenoxy) is 1. The number of nitrogens with one attached hydrogen (secondary N) is 2. The van der Waals surface area contributed by atoms with E-state index in [0.717, 1.165) is 24.0 Å². The first-order chi connectivity index (χ1) is 15.2. The molecule has 7 nitrogen and oxygen atoms in total. The predicted octanol–water partition coefficient (Wildman–Crippen LogP) is 4.21. The molecule has 3 aromatic rings. The van der Waals surface area contributed by atoms with Crippen molar-refractivity contribution in [3.63, 3.8) is 0 Å². The van der Waals surface area contributed by atoms with E-state index >= 15 is 0 Å². The maximum absolute atomic E-state index is 12.3. The Hall–Kier alpha value is -3.76. The van der Waals surface area contributed by atoms with Crippen LogP contribution >= 0.6 is 0 Å². The van der Waals surface area contributed by atoms with Crippen molar-refractivity contribution in [1.29, 1.82) is 5.26 Å². The number of hydrazone groups is 1. The molecule has 0 amide bonds. The van der Waals surface area contributed by atoms with Gasteiger partial charge in [0.15, 0.2) is 0 Å². The van der Waals surface area contributed by atoms with E-state index in [9.17, 15) is 10.1 Å². The molecule has 7 heteroatoms. The van der Waals surface area contributed by atoms with Crippen molar-refractivity contribution < 1.29 is 4.74 Å². The summed E-state index contributed by atoms with van der Waals surface area (Å²) < 4.78 is 6.03. The average molecular weight is 413 g/mol. The van der Waals surface area contributed by atoms with E-state index in [1.54, 1.807) is 18.3 Å². The summed E-state index contributed by atoms with van der Waals surface area (Å²) in [5.74, 6) is 0.166. The molecule has 1 fully saturated rings. The normalized spacial score (nSPS) is 14.0. The Balaban J connectivity index is 1.51. The van der Waals surface area contributed by atoms with E-state index in [2.05, 4.69) is 20.5 Å². The van der Waals surface area contributed by atoms with Crippen molar-refractivity contribution in [3.8, 4) is 17.3 Å². The van der Waals surface area contributed by atoms with Gasteiger partial charge in [-0.25, -0.2) is 10.4 Å². The maximum Gasteiger partial charge on any atom is 0.270 e. The summed E-state index contributed by atoms with van der Waals surface area (Å²) in [7, 11) is 0. The molecule has 0 aliphatic heterocycles. The van der Waals surface area contributed by atoms with Crippen LogP contribution in [0.5, 0.6) is 0 Å². The number of rotatable bonds is 7. The third-order valence-electron chi connectivity index (χ3n) is 5.28. The predicted molar refractivity (Wildman–Crippen MR) is 120 cm³/mol. The molecule has 0 saturated heterocycles. The van der Waals surface area contributed by atoms with Gasteiger partial charge in [-0.15, -0.1) is 0 Å². The first-order valence-corrected chi connectivity index (χ1v) is 10.3. The molecule has 1 aliphatic carbocycles. The topological polar surface area (TPSA) is 103 Å². The van der Waals surface area contributed by atoms with Crippen LogP contribution in [0.3, 0.4) is 0 Å². The van der Waals surface area contributed by atoms with Crippen LogP contribution in [0.15, 0.2) is 64.5 Å². The summed E-state index contributed by atoms with van der Waals surface area (Å²) in [6, 6.07) is 18.9. The average Bonchev–Trinajstić information content (AvgIpc) is 3.32. The SMILES string of the molecule is N#Cc1c(-c2ccccc2)nc(NN=Cc2ccccc2COC2CCCC2)[nH]c1=O. The largest absolute Gasteiger partial charge is 0.374 e. The zero-order valence-electron chi connectivity index (χ0n) is 17.0. The van der Waals surface area contributed by atoms with Crippen LogP contribution in [0.25, 0.3) is 11.3 Å². The van der Waals surface area contributed by atoms with Crippen LogP contribution in [-0.4, -0.2) is 22.3 Å². The molecule has 0 spiro atoms. The summed E-state index contributed by atoms with van der Waals surface area (Å²) >= 11 is 0. The fourth-order valence-corrected chi connectivity index (χ4v) is 3.65. The number of hydrogen-bond donors (Lipinski definition) is 2. The summed E-state index contributed by atoms with van der Waals surface area (Å²) in [5.41, 5.74) is 5.20. The van der Waals surface area contributed by atoms with Crippen molar-refractivity contribution in [1.82, 2.24) is 9.97 Å². The van der Waals surface area contributed by atoms with Gasteiger partial charge in [-0.2, -0.15) is 10.4 Å². The van der Waals surface area contributed by atoms with Gasteiger partial charge in [0.25, 0.3) is 5.56 Å². The Morgan fingerprint density at radius 3 is 2.68 bits per heavy atom. The number of H-pyrrole nitrogens is 1. The first kappa shape index (κ1) is 20.5. The van der Waals surface area contributed by atoms with Gasteiger partial charge >= 0.3 is 0 Å². The van der Waals surface area contributed by atoms with E-state index in [-0.39, 0.29) is 11.5 Å². The summed E-state index contributed by atoms with van der Waals surface area (Å²) in [6.45, 7) is 0.539. The number of nitriles is 1. The second-order valence-electron chi connectivity index (χ2n) is 7.40. The van der Waals surface area contributed by atoms with Crippen LogP contribution in [0.4, 0.5) is 5.95 Å². The van der Waals surface area contributed by atoms with Crippen LogP contribution in [0, 0.1) is 11.3 Å². The van der Waals surface area contributed by atoms with Crippen LogP contribution in [-0.2, 0) is 11.3 Å². The molecule has 1 saturated carbocycles. The van der Waals surface area contributed by atoms with Gasteiger partial charge in [0.05, 0.1) is 24.6 Å². The molecule has 31 heavy (non-hydrogen) atoms. The van der Waals surface area contributed by atoms with Crippen LogP contribution in [0.1, 0.15) is 42.4 Å². The number of anilines is 1. The second-order valence-corrected chi connectivity index (χ2v) is 7.40. The highest BCUT2D eigenvalue weighted by atomic mass is 16.5. The molecule has 0 radical (unpaired) electrons. The standard InChI is InChI=1S/C24H23N5O2/c25-14-21-22(17-8-2-1-3-9-17)27-24(28-23(21)30)29-26-15-18-10-4-5-11-19(18)16-31-20-12-6-7-13-20/h1-5,8-11,15,20H,6-7,12-13,16H2,(H2,27,28,29,30). The third-order valence-corrected chi connectivity index (χ3v) is 5.28. The Morgan fingerprint density at radius 1 is 1.16 bits per heavy atom. The van der Waals surface area contributed by atoms with Gasteiger partial charge in [-0.1, -0.05) is 67.4 Å². The monoisotopic (exact) mass is 413 g/mol. The molecular weight excluding hydrogens is 390 g/mol. The molecule has 0 bridgehead atoms. The third kappa shape index (κ3) is 5.05. The lowest BCUT2D eigenvalue weighted by atomic mass is 10.1. The smallest absolute Gasteiger partial charge is 0.270 e. The second kappa shape index (κ2) is 9.83. The maximum atomic E-state index is 12.3. The Bertz CT molecular complexity index is 1160. The molecule has 0 unspecified atom stereocenters. The van der Waals surface area contributed by atoms with E-state index in [0.29, 0.717) is 24.0 Å². The molecule has 2 aromatic carbocycles. The van der Waals surface area contributed by atoms with Gasteiger partial charge in [0.1, 0.15) is 11.6 Å². The Morgan fingerprint density at radius 2 is 1.90 bits per heavy atom. The van der Waals surface area contributed by atoms with Gasteiger partial charge < -0.3 is 4.74 Å². The summed E-state index contributed by atoms with van der Waals surface area (Å²) in [5, 5.41) is 13.6. The van der Waals surface area contributed by atoms with Crippen molar-refractivity contribution >= 4 is 12.2 Å². The summed E-state index contributed by atoms with van der Waals surface area (Å²) in [6.07, 6.45) is 6.73. The quantitative estimate of drug-likeness (QED) is 0.446. The number of hydrogen-bond acceptors (Lipinski definition) is 6. The van der Waals surface area contributed by atoms with Gasteiger partial charge in [-0.3, -0.25) is 9.78 Å². The molecule has 4 rings (SSSR count). The lowest BCUT2D eigenvalue weighted by molar-refractivity contribution is 0.0456. The van der Waals surface area contributed by atoms with Gasteiger partial charge in [-0.05, 0) is 18.4 Å². The van der Waals surface area contributed by atoms with Crippen molar-refractivity contribution in [2.75, 3.05) is 5.43 Å². The molecular formula is C24H23N5O2. The lowest BCUT2D eigenvalue weighted by Gasteiger charge is -2.12. The number of aromatic amines is 1. The highest BCUT2D eigenvalue weighted by Gasteiger charge is 2.16. The minimum atomic E-state index is -0.514. The Kier molecular flexibility index (Phi) is 6.50. The number of nitrogens with zero attached hydrogens (tertiary/aromatic N) is 3. The minimum absolute atomic E-state index is 0.0323. The van der Waals surface area contributed by atoms with Crippen LogP contribution in [0.2, 0.25) is 0 Å². The molecule has 0 atom stereocenters. The highest BCUT2D eigenvalue weighted by Crippen LogP contribution is 2.23. The molecule has 2 N–H and O–H groups in total. The van der Waals surface area contributed by atoms with Crippen molar-refractivity contribution in [2.45, 2.75) is 38.4 Å². The van der Waals surface area contributed by atoms with E-state index in [4.69, 9.17) is 4.74 Å². The minimum Gasteiger partial charge on any atom is -0.374 e. The molecule has 1 heterocycles. The van der Waals surface area contributed by atoms with Gasteiger partial charge in [0.2, 0.25) is 5.95 Å². The van der Waals surface area contributed by atoms with E-state index < -0.39 is 5.56 Å². The highest BCUT2D eigenvalue weighted by molar-refractivity contribution is 5.82. The van der Waals surface area contributed by atoms with Crippen LogP contribution < -0.4 is 11.0 Å². The molecule has 1 aromatic heterocycles. The fraction of sp³-hybridized carbons (Fsp3) is 0.250. The zero-order valence-corrected chi connectivity index (χ0v) is 17.0. The number of aromatic nitrogens is 2. The number of benzene rings is 2. The fourth-order valence-electron chi connectivity index (χ4n) is 3.65. The molecule has 156 valence electrons. The van der Waals surface area contributed by atoms with Crippen molar-refractivity contribution in [3.05, 3.63) is 81.6 Å². The lowest BCUT2D eigenvalue weighted by Crippen LogP contribution is -2.16. The Labute approximate surface area is 180 Å². The zero-order chi connectivity index (χ0) is 21.5. The molecule has 1 aliphatic rings. The van der Waals surface area contributed by atoms with E-state index in [1.165, 1.54) is 12.8 Å². The first-order valence-electron chi connectivity index (χ1n) is 10.3. The van der Waals surface area contributed by atoms with Crippen molar-refractivity contribution in [2.24, 2.45) is 5.10 Å². The van der Waals surface area contributed by atoms with Gasteiger partial charge in [0, 0.05) is 11.1 Å². The summed E-state index contributed by atoms with van der Waals surface area (Å²) in [4.78, 5) is 19.3.